The van der Waals surface area contributed by atoms with Crippen molar-refractivity contribution in [3.8, 4) is 17.0 Å². The molecule has 6 heteroatoms. The van der Waals surface area contributed by atoms with Crippen LogP contribution < -0.4 is 10.1 Å². The molecule has 1 atom stereocenters. The molecule has 25 heavy (non-hydrogen) atoms. The van der Waals surface area contributed by atoms with E-state index < -0.39 is 0 Å². The third-order valence-electron chi connectivity index (χ3n) is 4.39. The number of hydrogen-bond donors (Lipinski definition) is 2. The normalized spacial score (nSPS) is 12.3. The minimum absolute atomic E-state index is 0.230. The summed E-state index contributed by atoms with van der Waals surface area (Å²) in [6.45, 7) is 7.92. The van der Waals surface area contributed by atoms with E-state index in [0.29, 0.717) is 0 Å². The molecule has 0 spiro atoms. The molecule has 0 aliphatic carbocycles. The van der Waals surface area contributed by atoms with Crippen LogP contribution in [0.2, 0.25) is 0 Å². The standard InChI is InChI=1S/C19H25N5O/c1-5-24-12-18(14(3)23-24)13(2)20-11-16-10-19(22-21-16)15-6-8-17(25-4)9-7-15/h6-10,12-13,20H,5,11H2,1-4H3,(H,21,22). The van der Waals surface area contributed by atoms with Gasteiger partial charge in [-0.1, -0.05) is 0 Å². The number of aryl methyl sites for hydroxylation is 2. The van der Waals surface area contributed by atoms with E-state index in [0.717, 1.165) is 41.5 Å². The molecule has 0 aliphatic heterocycles. The highest BCUT2D eigenvalue weighted by Gasteiger charge is 2.12. The fourth-order valence-corrected chi connectivity index (χ4v) is 2.86. The minimum atomic E-state index is 0.230. The lowest BCUT2D eigenvalue weighted by molar-refractivity contribution is 0.415. The molecule has 2 N–H and O–H groups in total. The molecular formula is C19H25N5O. The zero-order valence-electron chi connectivity index (χ0n) is 15.2. The fourth-order valence-electron chi connectivity index (χ4n) is 2.86. The number of aromatic nitrogens is 4. The van der Waals surface area contributed by atoms with Crippen LogP contribution >= 0.6 is 0 Å². The highest BCUT2D eigenvalue weighted by atomic mass is 16.5. The second-order valence-electron chi connectivity index (χ2n) is 6.14. The molecule has 0 aliphatic rings. The molecule has 0 saturated heterocycles. The SMILES string of the molecule is CCn1cc(C(C)NCc2cc(-c3ccc(OC)cc3)n[nH]2)c(C)n1. The van der Waals surface area contributed by atoms with Gasteiger partial charge in [0.15, 0.2) is 0 Å². The predicted molar refractivity (Wildman–Crippen MR) is 98.5 cm³/mol. The van der Waals surface area contributed by atoms with Crippen molar-refractivity contribution < 1.29 is 4.74 Å². The summed E-state index contributed by atoms with van der Waals surface area (Å²) < 4.78 is 7.16. The van der Waals surface area contributed by atoms with Crippen LogP contribution in [-0.4, -0.2) is 27.1 Å². The van der Waals surface area contributed by atoms with Gasteiger partial charge in [-0.2, -0.15) is 10.2 Å². The molecule has 0 bridgehead atoms. The molecule has 3 aromatic rings. The summed E-state index contributed by atoms with van der Waals surface area (Å²) >= 11 is 0. The average molecular weight is 339 g/mol. The van der Waals surface area contributed by atoms with Crippen molar-refractivity contribution in [1.29, 1.82) is 0 Å². The number of benzene rings is 1. The van der Waals surface area contributed by atoms with Crippen LogP contribution in [0.5, 0.6) is 5.75 Å². The van der Waals surface area contributed by atoms with Gasteiger partial charge in [0.05, 0.1) is 18.5 Å². The molecule has 0 fully saturated rings. The Balaban J connectivity index is 1.63. The molecule has 2 aromatic heterocycles. The topological polar surface area (TPSA) is 67.8 Å². The van der Waals surface area contributed by atoms with Crippen LogP contribution in [0, 0.1) is 6.92 Å². The van der Waals surface area contributed by atoms with Crippen LogP contribution in [0.25, 0.3) is 11.3 Å². The number of nitrogens with one attached hydrogen (secondary N) is 2. The Labute approximate surface area is 148 Å². The lowest BCUT2D eigenvalue weighted by Crippen LogP contribution is -2.18. The monoisotopic (exact) mass is 339 g/mol. The molecule has 132 valence electrons. The number of ether oxygens (including phenoxy) is 1. The Hall–Kier alpha value is -2.60. The first-order chi connectivity index (χ1) is 12.1. The average Bonchev–Trinajstić information content (AvgIpc) is 3.26. The quantitative estimate of drug-likeness (QED) is 0.692. The molecular weight excluding hydrogens is 314 g/mol. The van der Waals surface area contributed by atoms with E-state index in [4.69, 9.17) is 4.74 Å². The summed E-state index contributed by atoms with van der Waals surface area (Å²) in [5.41, 5.74) is 5.36. The van der Waals surface area contributed by atoms with Gasteiger partial charge < -0.3 is 10.1 Å². The van der Waals surface area contributed by atoms with Gasteiger partial charge in [0, 0.05) is 42.1 Å². The number of aromatic amines is 1. The second-order valence-corrected chi connectivity index (χ2v) is 6.14. The zero-order valence-corrected chi connectivity index (χ0v) is 15.2. The highest BCUT2D eigenvalue weighted by molar-refractivity contribution is 5.60. The maximum absolute atomic E-state index is 5.19. The van der Waals surface area contributed by atoms with Gasteiger partial charge in [0.25, 0.3) is 0 Å². The summed E-state index contributed by atoms with van der Waals surface area (Å²) in [6, 6.07) is 10.2. The first-order valence-corrected chi connectivity index (χ1v) is 8.56. The van der Waals surface area contributed by atoms with Crippen LogP contribution in [0.4, 0.5) is 0 Å². The number of hydrogen-bond acceptors (Lipinski definition) is 4. The van der Waals surface area contributed by atoms with Gasteiger partial charge in [-0.15, -0.1) is 0 Å². The molecule has 1 unspecified atom stereocenters. The molecule has 2 heterocycles. The number of methoxy groups -OCH3 is 1. The van der Waals surface area contributed by atoms with Crippen molar-refractivity contribution in [2.75, 3.05) is 7.11 Å². The number of H-pyrrole nitrogens is 1. The Morgan fingerprint density at radius 2 is 2.04 bits per heavy atom. The molecule has 0 radical (unpaired) electrons. The van der Waals surface area contributed by atoms with Gasteiger partial charge in [0.2, 0.25) is 0 Å². The summed E-state index contributed by atoms with van der Waals surface area (Å²) in [5, 5.41) is 15.6. The van der Waals surface area contributed by atoms with E-state index in [1.807, 2.05) is 28.9 Å². The van der Waals surface area contributed by atoms with Crippen molar-refractivity contribution in [1.82, 2.24) is 25.3 Å². The van der Waals surface area contributed by atoms with E-state index in [9.17, 15) is 0 Å². The van der Waals surface area contributed by atoms with E-state index in [1.54, 1.807) is 7.11 Å². The summed E-state index contributed by atoms with van der Waals surface area (Å²) in [4.78, 5) is 0. The van der Waals surface area contributed by atoms with Crippen LogP contribution in [0.1, 0.15) is 36.8 Å². The van der Waals surface area contributed by atoms with Gasteiger partial charge in [0.1, 0.15) is 5.75 Å². The van der Waals surface area contributed by atoms with E-state index in [-0.39, 0.29) is 6.04 Å². The fraction of sp³-hybridized carbons (Fsp3) is 0.368. The highest BCUT2D eigenvalue weighted by Crippen LogP contribution is 2.22. The molecule has 1 aromatic carbocycles. The van der Waals surface area contributed by atoms with Crippen molar-refractivity contribution in [3.63, 3.8) is 0 Å². The predicted octanol–water partition coefficient (Wildman–Crippen LogP) is 3.46. The van der Waals surface area contributed by atoms with Gasteiger partial charge in [-0.05, 0) is 51.1 Å². The Kier molecular flexibility index (Phi) is 5.19. The van der Waals surface area contributed by atoms with Gasteiger partial charge in [-0.3, -0.25) is 9.78 Å². The van der Waals surface area contributed by atoms with Crippen molar-refractivity contribution in [3.05, 3.63) is 53.5 Å². The molecule has 0 amide bonds. The second kappa shape index (κ2) is 7.53. The maximum atomic E-state index is 5.19. The third kappa shape index (κ3) is 3.91. The lowest BCUT2D eigenvalue weighted by atomic mass is 10.1. The first-order valence-electron chi connectivity index (χ1n) is 8.56. The van der Waals surface area contributed by atoms with E-state index in [2.05, 4.69) is 53.6 Å². The van der Waals surface area contributed by atoms with Gasteiger partial charge >= 0.3 is 0 Å². The Bertz CT molecular complexity index is 819. The van der Waals surface area contributed by atoms with Crippen LogP contribution in [0.3, 0.4) is 0 Å². The molecule has 6 nitrogen and oxygen atoms in total. The Morgan fingerprint density at radius 1 is 1.28 bits per heavy atom. The van der Waals surface area contributed by atoms with E-state index >= 15 is 0 Å². The molecule has 3 rings (SSSR count). The molecule has 0 saturated carbocycles. The summed E-state index contributed by atoms with van der Waals surface area (Å²) in [5.74, 6) is 0.845. The summed E-state index contributed by atoms with van der Waals surface area (Å²) in [6.07, 6.45) is 2.11. The van der Waals surface area contributed by atoms with Crippen LogP contribution in [-0.2, 0) is 13.1 Å². The van der Waals surface area contributed by atoms with Gasteiger partial charge in [-0.25, -0.2) is 0 Å². The summed E-state index contributed by atoms with van der Waals surface area (Å²) in [7, 11) is 1.67. The first kappa shape index (κ1) is 17.2. The minimum Gasteiger partial charge on any atom is -0.497 e. The lowest BCUT2D eigenvalue weighted by Gasteiger charge is -2.12. The largest absolute Gasteiger partial charge is 0.497 e. The zero-order chi connectivity index (χ0) is 17.8. The Morgan fingerprint density at radius 3 is 2.68 bits per heavy atom. The van der Waals surface area contributed by atoms with Crippen molar-refractivity contribution >= 4 is 0 Å². The smallest absolute Gasteiger partial charge is 0.118 e. The number of nitrogens with zero attached hydrogens (tertiary/aromatic N) is 3. The van der Waals surface area contributed by atoms with E-state index in [1.165, 1.54) is 5.56 Å². The van der Waals surface area contributed by atoms with Crippen LogP contribution in [0.15, 0.2) is 36.5 Å². The van der Waals surface area contributed by atoms with Crippen molar-refractivity contribution in [2.24, 2.45) is 0 Å². The maximum Gasteiger partial charge on any atom is 0.118 e. The van der Waals surface area contributed by atoms with Crippen molar-refractivity contribution in [2.45, 2.75) is 39.9 Å². The number of rotatable bonds is 7. The third-order valence-corrected chi connectivity index (χ3v) is 4.39.